The normalized spacial score (nSPS) is 25.7. The van der Waals surface area contributed by atoms with Crippen molar-refractivity contribution in [2.75, 3.05) is 13.1 Å². The fraction of sp³-hybridized carbons (Fsp3) is 0.686. The Morgan fingerprint density at radius 1 is 0.959 bits per heavy atom. The Bertz CT molecular complexity index is 1640. The standard InChI is InChI=1S/C35H52N6O7S/c1-33(2,3)24(18-40-16-20-11-9-10-12-23(20)49(40,47)48)38-32(46)39-28(34(4,5)6)31(45)41-17-21-25(35(21,7)8)26(41)30(44)37-22(15-19-13-14-19)27(42)29(36)43/h9-12,19,21-22,24-26,28H,13-18H2,1-8H3,(H2,36,43)(H,37,44)(H2,38,39,46)/t21?,22?,24-,25+,26+,28-/m1/s1. The summed E-state index contributed by atoms with van der Waals surface area (Å²) in [6.07, 6.45) is 2.13. The number of ketones is 1. The van der Waals surface area contributed by atoms with Gasteiger partial charge >= 0.3 is 6.03 Å². The highest BCUT2D eigenvalue weighted by molar-refractivity contribution is 7.89. The molecule has 5 N–H and O–H groups in total. The number of carbonyl (C=O) groups is 5. The molecule has 0 spiro atoms. The molecule has 6 atom stereocenters. The topological polar surface area (TPSA) is 188 Å². The summed E-state index contributed by atoms with van der Waals surface area (Å²) in [4.78, 5) is 68.2. The number of primary amides is 1. The molecule has 2 saturated carbocycles. The number of nitrogens with zero attached hydrogens (tertiary/aromatic N) is 2. The van der Waals surface area contributed by atoms with E-state index < -0.39 is 74.6 Å². The lowest BCUT2D eigenvalue weighted by atomic mass is 9.85. The quantitative estimate of drug-likeness (QED) is 0.255. The SMILES string of the molecule is CC(C)(C)[C@H](NC(=O)N[C@H](CN1Cc2ccccc2S1(=O)=O)C(C)(C)C)C(=O)N1CC2[C@@H]([C@H]1C(=O)NC(CC1CC1)C(=O)C(N)=O)C2(C)C. The number of amides is 5. The molecule has 1 saturated heterocycles. The van der Waals surface area contributed by atoms with Gasteiger partial charge in [-0.25, -0.2) is 13.2 Å². The van der Waals surface area contributed by atoms with E-state index in [2.05, 4.69) is 16.0 Å². The van der Waals surface area contributed by atoms with Crippen LogP contribution < -0.4 is 21.7 Å². The number of hydrogen-bond donors (Lipinski definition) is 4. The van der Waals surface area contributed by atoms with Crippen LogP contribution in [0.4, 0.5) is 4.79 Å². The number of urea groups is 1. The zero-order chi connectivity index (χ0) is 36.4. The van der Waals surface area contributed by atoms with E-state index in [9.17, 15) is 32.4 Å². The van der Waals surface area contributed by atoms with Gasteiger partial charge in [0, 0.05) is 25.7 Å². The summed E-state index contributed by atoms with van der Waals surface area (Å²) in [5.74, 6) is -2.79. The predicted octanol–water partition coefficient (Wildman–Crippen LogP) is 2.14. The van der Waals surface area contributed by atoms with Crippen LogP contribution in [-0.4, -0.2) is 84.4 Å². The molecular weight excluding hydrogens is 648 g/mol. The van der Waals surface area contributed by atoms with E-state index >= 15 is 0 Å². The van der Waals surface area contributed by atoms with Crippen molar-refractivity contribution in [2.45, 2.75) is 110 Å². The minimum absolute atomic E-state index is 0.0287. The number of fused-ring (bicyclic) bond motifs is 2. The first kappa shape index (κ1) is 36.8. The van der Waals surface area contributed by atoms with E-state index in [1.807, 2.05) is 55.4 Å². The number of piperidine rings is 1. The number of likely N-dealkylation sites (tertiary alicyclic amines) is 1. The summed E-state index contributed by atoms with van der Waals surface area (Å²) in [5.41, 5.74) is 4.47. The smallest absolute Gasteiger partial charge is 0.315 e. The monoisotopic (exact) mass is 700 g/mol. The molecule has 0 radical (unpaired) electrons. The first-order chi connectivity index (χ1) is 22.5. The van der Waals surface area contributed by atoms with Crippen LogP contribution in [-0.2, 0) is 35.7 Å². The molecule has 2 unspecified atom stereocenters. The van der Waals surface area contributed by atoms with E-state index in [1.165, 1.54) is 9.21 Å². The maximum Gasteiger partial charge on any atom is 0.315 e. The predicted molar refractivity (Wildman–Crippen MR) is 182 cm³/mol. The summed E-state index contributed by atoms with van der Waals surface area (Å²) in [5, 5.41) is 8.57. The van der Waals surface area contributed by atoms with E-state index in [-0.39, 0.29) is 41.2 Å². The molecular formula is C35H52N6O7S. The maximum absolute atomic E-state index is 14.4. The van der Waals surface area contributed by atoms with Crippen molar-refractivity contribution in [3.05, 3.63) is 29.8 Å². The van der Waals surface area contributed by atoms with Crippen LogP contribution >= 0.6 is 0 Å². The molecule has 270 valence electrons. The molecule has 0 bridgehead atoms. The van der Waals surface area contributed by atoms with Gasteiger partial charge in [-0.15, -0.1) is 0 Å². The average molecular weight is 701 g/mol. The van der Waals surface area contributed by atoms with Gasteiger partial charge in [0.1, 0.15) is 12.1 Å². The van der Waals surface area contributed by atoms with Crippen molar-refractivity contribution >= 4 is 39.6 Å². The summed E-state index contributed by atoms with van der Waals surface area (Å²) in [7, 11) is -3.74. The Morgan fingerprint density at radius 2 is 1.59 bits per heavy atom. The summed E-state index contributed by atoms with van der Waals surface area (Å²) >= 11 is 0. The second-order valence-corrected chi connectivity index (χ2v) is 19.0. The zero-order valence-electron chi connectivity index (χ0n) is 29.8. The number of rotatable bonds is 11. The molecule has 4 aliphatic rings. The Kier molecular flexibility index (Phi) is 9.50. The van der Waals surface area contributed by atoms with Crippen LogP contribution in [0.1, 0.15) is 80.2 Å². The molecule has 1 aromatic carbocycles. The number of nitrogens with two attached hydrogens (primary N) is 1. The Morgan fingerprint density at radius 3 is 2.14 bits per heavy atom. The lowest BCUT2D eigenvalue weighted by Crippen LogP contribution is -2.62. The number of sulfonamides is 1. The molecule has 1 aromatic rings. The highest BCUT2D eigenvalue weighted by Crippen LogP contribution is 2.65. The molecule has 5 amide bonds. The fourth-order valence-electron chi connectivity index (χ4n) is 7.51. The number of carbonyl (C=O) groups excluding carboxylic acids is 5. The van der Waals surface area contributed by atoms with Gasteiger partial charge in [-0.05, 0) is 52.0 Å². The van der Waals surface area contributed by atoms with Gasteiger partial charge in [0.15, 0.2) is 0 Å². The molecule has 0 aromatic heterocycles. The van der Waals surface area contributed by atoms with Crippen LogP contribution in [0, 0.1) is 34.0 Å². The molecule has 2 aliphatic carbocycles. The molecule has 3 fully saturated rings. The summed E-state index contributed by atoms with van der Waals surface area (Å²) in [6, 6.07) is 2.59. The van der Waals surface area contributed by atoms with Gasteiger partial charge in [-0.3, -0.25) is 19.2 Å². The van der Waals surface area contributed by atoms with Gasteiger partial charge in [0.05, 0.1) is 10.9 Å². The Labute approximate surface area is 289 Å². The molecule has 2 aliphatic heterocycles. The number of benzene rings is 1. The number of hydrogen-bond acceptors (Lipinski definition) is 7. The third kappa shape index (κ3) is 7.35. The third-order valence-electron chi connectivity index (χ3n) is 11.0. The zero-order valence-corrected chi connectivity index (χ0v) is 30.6. The van der Waals surface area contributed by atoms with Crippen molar-refractivity contribution in [1.29, 1.82) is 0 Å². The first-order valence-electron chi connectivity index (χ1n) is 17.1. The largest absolute Gasteiger partial charge is 0.363 e. The Hall–Kier alpha value is -3.52. The molecule has 13 nitrogen and oxygen atoms in total. The van der Waals surface area contributed by atoms with Crippen molar-refractivity contribution < 1.29 is 32.4 Å². The minimum Gasteiger partial charge on any atom is -0.363 e. The van der Waals surface area contributed by atoms with Crippen LogP contribution in [0.2, 0.25) is 0 Å². The number of nitrogens with one attached hydrogen (secondary N) is 3. The molecule has 5 rings (SSSR count). The highest BCUT2D eigenvalue weighted by atomic mass is 32.2. The van der Waals surface area contributed by atoms with E-state index in [0.717, 1.165) is 12.8 Å². The van der Waals surface area contributed by atoms with Crippen molar-refractivity contribution in [3.8, 4) is 0 Å². The van der Waals surface area contributed by atoms with Gasteiger partial charge in [-0.2, -0.15) is 4.31 Å². The second kappa shape index (κ2) is 12.7. The molecule has 14 heteroatoms. The lowest BCUT2D eigenvalue weighted by Gasteiger charge is -2.39. The van der Waals surface area contributed by atoms with Gasteiger partial charge in [-0.1, -0.05) is 86.4 Å². The third-order valence-corrected chi connectivity index (χ3v) is 12.9. The highest BCUT2D eigenvalue weighted by Gasteiger charge is 2.70. The van der Waals surface area contributed by atoms with Crippen molar-refractivity contribution in [2.24, 2.45) is 39.7 Å². The van der Waals surface area contributed by atoms with Crippen LogP contribution in [0.3, 0.4) is 0 Å². The molecule has 2 heterocycles. The van der Waals surface area contributed by atoms with E-state index in [0.29, 0.717) is 18.5 Å². The van der Waals surface area contributed by atoms with Gasteiger partial charge in [0.25, 0.3) is 5.91 Å². The minimum atomic E-state index is -3.74. The average Bonchev–Trinajstić information content (AvgIpc) is 3.80. The van der Waals surface area contributed by atoms with Crippen LogP contribution in [0.25, 0.3) is 0 Å². The second-order valence-electron chi connectivity index (χ2n) is 17.1. The lowest BCUT2D eigenvalue weighted by molar-refractivity contribution is -0.145. The van der Waals surface area contributed by atoms with Gasteiger partial charge in [0.2, 0.25) is 27.6 Å². The fourth-order valence-corrected chi connectivity index (χ4v) is 9.16. The Balaban J connectivity index is 1.32. The maximum atomic E-state index is 14.4. The van der Waals surface area contributed by atoms with E-state index in [1.54, 1.807) is 24.3 Å². The van der Waals surface area contributed by atoms with Crippen molar-refractivity contribution in [3.63, 3.8) is 0 Å². The van der Waals surface area contributed by atoms with Crippen LogP contribution in [0.5, 0.6) is 0 Å². The van der Waals surface area contributed by atoms with Crippen LogP contribution in [0.15, 0.2) is 29.2 Å². The van der Waals surface area contributed by atoms with E-state index in [4.69, 9.17) is 5.73 Å². The van der Waals surface area contributed by atoms with Gasteiger partial charge < -0.3 is 26.6 Å². The molecule has 49 heavy (non-hydrogen) atoms. The van der Waals surface area contributed by atoms with Crippen molar-refractivity contribution in [1.82, 2.24) is 25.2 Å². The first-order valence-corrected chi connectivity index (χ1v) is 18.6. The summed E-state index contributed by atoms with van der Waals surface area (Å²) in [6.45, 7) is 15.8. The summed E-state index contributed by atoms with van der Waals surface area (Å²) < 4.78 is 28.0. The number of Topliss-reactive ketones (excluding diaryl/α,β-unsaturated/α-hetero) is 1.